The van der Waals surface area contributed by atoms with Gasteiger partial charge in [-0.25, -0.2) is 15.1 Å². The topological polar surface area (TPSA) is 70.8 Å². The average molecular weight is 238 g/mol. The minimum atomic E-state index is -0.595. The zero-order valence-corrected chi connectivity index (χ0v) is 9.18. The highest BCUT2D eigenvalue weighted by Crippen LogP contribution is 2.23. The van der Waals surface area contributed by atoms with E-state index >= 15 is 0 Å². The number of aliphatic imine (C=N–C) groups is 1. The zero-order chi connectivity index (χ0) is 11.4. The van der Waals surface area contributed by atoms with Crippen molar-refractivity contribution in [2.24, 2.45) is 4.99 Å². The minimum Gasteiger partial charge on any atom is -0.276 e. The largest absolute Gasteiger partial charge is 0.276 e. The Morgan fingerprint density at radius 1 is 1.44 bits per heavy atom. The van der Waals surface area contributed by atoms with Crippen LogP contribution in [0.2, 0.25) is 0 Å². The quantitative estimate of drug-likeness (QED) is 0.486. The fourth-order valence-corrected chi connectivity index (χ4v) is 2.19. The Hall–Kier alpha value is -1.76. The van der Waals surface area contributed by atoms with Gasteiger partial charge in [-0.3, -0.25) is 4.31 Å². The van der Waals surface area contributed by atoms with Crippen LogP contribution in [0.4, 0.5) is 0 Å². The fraction of sp³-hybridized carbons (Fsp3) is 0.222. The molecule has 0 radical (unpaired) electrons. The molecular weight excluding hydrogens is 228 g/mol. The number of guanidine groups is 1. The normalized spacial score (nSPS) is 14.8. The van der Waals surface area contributed by atoms with Crippen LogP contribution in [0, 0.1) is 10.1 Å². The summed E-state index contributed by atoms with van der Waals surface area (Å²) in [5.74, 6) is 0.304. The van der Waals surface area contributed by atoms with Gasteiger partial charge in [0.1, 0.15) is 0 Å². The maximum Gasteiger partial charge on any atom is 0.267 e. The standard InChI is InChI=1S/C9H10N4O2S/c14-13(15)11-9-10-6-7-12(9)16-8-4-2-1-3-5-8/h1-5H,6-7H2,(H,10,11). The lowest BCUT2D eigenvalue weighted by Gasteiger charge is -2.15. The molecule has 0 atom stereocenters. The zero-order valence-electron chi connectivity index (χ0n) is 8.37. The molecule has 0 saturated carbocycles. The van der Waals surface area contributed by atoms with Gasteiger partial charge < -0.3 is 0 Å². The van der Waals surface area contributed by atoms with Gasteiger partial charge in [-0.1, -0.05) is 23.6 Å². The molecule has 2 rings (SSSR count). The number of benzene rings is 1. The number of hydrogen-bond donors (Lipinski definition) is 1. The third-order valence-corrected chi connectivity index (χ3v) is 3.01. The molecule has 0 fully saturated rings. The highest BCUT2D eigenvalue weighted by molar-refractivity contribution is 7.97. The van der Waals surface area contributed by atoms with Gasteiger partial charge in [0.25, 0.3) is 5.96 Å². The SMILES string of the molecule is O=[N+]([O-])NC1=NCCN1Sc1ccccc1. The molecule has 1 aromatic rings. The summed E-state index contributed by atoms with van der Waals surface area (Å²) >= 11 is 1.44. The maximum absolute atomic E-state index is 10.3. The number of hydrogen-bond acceptors (Lipinski definition) is 5. The van der Waals surface area contributed by atoms with Crippen molar-refractivity contribution in [3.8, 4) is 0 Å². The van der Waals surface area contributed by atoms with Crippen LogP contribution < -0.4 is 5.43 Å². The van der Waals surface area contributed by atoms with Crippen molar-refractivity contribution in [1.29, 1.82) is 0 Å². The summed E-state index contributed by atoms with van der Waals surface area (Å²) in [5, 5.41) is 9.74. The Morgan fingerprint density at radius 3 is 2.88 bits per heavy atom. The fourth-order valence-electron chi connectivity index (χ4n) is 1.30. The van der Waals surface area contributed by atoms with E-state index in [0.717, 1.165) is 4.90 Å². The summed E-state index contributed by atoms with van der Waals surface area (Å²) in [6.45, 7) is 1.26. The second-order valence-corrected chi connectivity index (χ2v) is 4.18. The van der Waals surface area contributed by atoms with E-state index in [9.17, 15) is 10.1 Å². The van der Waals surface area contributed by atoms with E-state index in [0.29, 0.717) is 19.0 Å². The molecule has 0 bridgehead atoms. The van der Waals surface area contributed by atoms with Crippen LogP contribution in [0.25, 0.3) is 0 Å². The maximum atomic E-state index is 10.3. The van der Waals surface area contributed by atoms with Crippen LogP contribution >= 0.6 is 11.9 Å². The van der Waals surface area contributed by atoms with Crippen molar-refractivity contribution < 1.29 is 5.03 Å². The van der Waals surface area contributed by atoms with Gasteiger partial charge in [0.15, 0.2) is 5.03 Å². The minimum absolute atomic E-state index is 0.304. The molecule has 16 heavy (non-hydrogen) atoms. The van der Waals surface area contributed by atoms with Crippen LogP contribution in [-0.2, 0) is 0 Å². The Morgan fingerprint density at radius 2 is 2.19 bits per heavy atom. The van der Waals surface area contributed by atoms with Gasteiger partial charge in [0, 0.05) is 4.90 Å². The Bertz CT molecular complexity index is 409. The molecule has 1 aliphatic heterocycles. The van der Waals surface area contributed by atoms with E-state index in [1.165, 1.54) is 11.9 Å². The molecule has 0 aliphatic carbocycles. The first-order valence-corrected chi connectivity index (χ1v) is 5.49. The summed E-state index contributed by atoms with van der Waals surface area (Å²) in [7, 11) is 0. The molecule has 0 unspecified atom stereocenters. The van der Waals surface area contributed by atoms with Gasteiger partial charge >= 0.3 is 0 Å². The summed E-state index contributed by atoms with van der Waals surface area (Å²) < 4.78 is 1.78. The average Bonchev–Trinajstić information content (AvgIpc) is 2.66. The van der Waals surface area contributed by atoms with Gasteiger partial charge in [-0.05, 0) is 24.1 Å². The van der Waals surface area contributed by atoms with Crippen molar-refractivity contribution >= 4 is 17.9 Å². The van der Waals surface area contributed by atoms with Crippen LogP contribution in [0.1, 0.15) is 0 Å². The third kappa shape index (κ3) is 2.63. The van der Waals surface area contributed by atoms with Gasteiger partial charge in [-0.2, -0.15) is 0 Å². The van der Waals surface area contributed by atoms with Gasteiger partial charge in [-0.15, -0.1) is 0 Å². The molecule has 0 saturated heterocycles. The molecule has 84 valence electrons. The third-order valence-electron chi connectivity index (χ3n) is 1.95. The number of hydrazine groups is 1. The van der Waals surface area contributed by atoms with Crippen LogP contribution in [0.15, 0.2) is 40.2 Å². The smallest absolute Gasteiger partial charge is 0.267 e. The highest BCUT2D eigenvalue weighted by Gasteiger charge is 2.21. The predicted octanol–water partition coefficient (Wildman–Crippen LogP) is 1.15. The number of rotatable bonds is 3. The molecule has 0 amide bonds. The second-order valence-electron chi connectivity index (χ2n) is 3.08. The lowest BCUT2D eigenvalue weighted by Crippen LogP contribution is -2.37. The Labute approximate surface area is 96.6 Å². The number of nitrogens with zero attached hydrogens (tertiary/aromatic N) is 3. The summed E-state index contributed by atoms with van der Waals surface area (Å²) in [6, 6.07) is 9.68. The summed E-state index contributed by atoms with van der Waals surface area (Å²) in [5.41, 5.74) is 2.09. The van der Waals surface area contributed by atoms with Crippen molar-refractivity contribution in [3.63, 3.8) is 0 Å². The van der Waals surface area contributed by atoms with E-state index in [1.807, 2.05) is 30.3 Å². The van der Waals surface area contributed by atoms with Crippen molar-refractivity contribution in [3.05, 3.63) is 40.4 Å². The van der Waals surface area contributed by atoms with Crippen LogP contribution in [0.5, 0.6) is 0 Å². The number of nitrogens with one attached hydrogen (secondary N) is 1. The first-order valence-electron chi connectivity index (χ1n) is 4.72. The van der Waals surface area contributed by atoms with E-state index < -0.39 is 5.03 Å². The molecule has 1 aliphatic rings. The lowest BCUT2D eigenvalue weighted by molar-refractivity contribution is -0.526. The Balaban J connectivity index is 2.00. The molecular formula is C9H10N4O2S. The molecule has 7 heteroatoms. The van der Waals surface area contributed by atoms with Crippen LogP contribution in [-0.4, -0.2) is 28.4 Å². The molecule has 0 aromatic heterocycles. The highest BCUT2D eigenvalue weighted by atomic mass is 32.2. The van der Waals surface area contributed by atoms with E-state index in [4.69, 9.17) is 0 Å². The Kier molecular flexibility index (Phi) is 3.25. The van der Waals surface area contributed by atoms with Crippen molar-refractivity contribution in [1.82, 2.24) is 9.73 Å². The van der Waals surface area contributed by atoms with Crippen molar-refractivity contribution in [2.45, 2.75) is 4.90 Å². The molecule has 1 N–H and O–H groups in total. The van der Waals surface area contributed by atoms with E-state index in [2.05, 4.69) is 10.4 Å². The van der Waals surface area contributed by atoms with E-state index in [1.54, 1.807) is 4.31 Å². The first kappa shape index (κ1) is 10.7. The van der Waals surface area contributed by atoms with Gasteiger partial charge in [0.2, 0.25) is 0 Å². The summed E-state index contributed by atoms with van der Waals surface area (Å²) in [6.07, 6.45) is 0. The predicted molar refractivity (Wildman–Crippen MR) is 61.4 cm³/mol. The monoisotopic (exact) mass is 238 g/mol. The molecule has 6 nitrogen and oxygen atoms in total. The lowest BCUT2D eigenvalue weighted by atomic mass is 10.4. The first-order chi connectivity index (χ1) is 7.75. The molecule has 1 heterocycles. The van der Waals surface area contributed by atoms with Crippen LogP contribution in [0.3, 0.4) is 0 Å². The summed E-state index contributed by atoms with van der Waals surface area (Å²) in [4.78, 5) is 15.4. The van der Waals surface area contributed by atoms with E-state index in [-0.39, 0.29) is 0 Å². The van der Waals surface area contributed by atoms with Crippen molar-refractivity contribution in [2.75, 3.05) is 13.1 Å². The molecule has 0 spiro atoms. The van der Waals surface area contributed by atoms with Gasteiger partial charge in [0.05, 0.1) is 13.1 Å². The second kappa shape index (κ2) is 4.84. The number of nitro groups is 1. The molecule has 1 aromatic carbocycles.